The predicted octanol–water partition coefficient (Wildman–Crippen LogP) is 1.57. The summed E-state index contributed by atoms with van der Waals surface area (Å²) in [6, 6.07) is 5.38. The van der Waals surface area contributed by atoms with Gasteiger partial charge < -0.3 is 10.3 Å². The molecule has 19 heavy (non-hydrogen) atoms. The zero-order valence-corrected chi connectivity index (χ0v) is 10.5. The fraction of sp³-hybridized carbons (Fsp3) is 0.214. The van der Waals surface area contributed by atoms with Gasteiger partial charge in [0.2, 0.25) is 0 Å². The molecule has 1 amide bonds. The molecule has 0 aliphatic carbocycles. The van der Waals surface area contributed by atoms with Crippen molar-refractivity contribution in [3.05, 3.63) is 41.3 Å². The Hall–Kier alpha value is -2.43. The Kier molecular flexibility index (Phi) is 2.67. The third-order valence-corrected chi connectivity index (χ3v) is 3.24. The maximum absolute atomic E-state index is 11.7. The summed E-state index contributed by atoms with van der Waals surface area (Å²) in [6.45, 7) is 2.14. The SMILES string of the molecule is CC(=O)c1cc(-c2cc3c([nH]2)CCNC3=O)ccn1. The number of amides is 1. The van der Waals surface area contributed by atoms with Crippen LogP contribution in [0, 0.1) is 0 Å². The Morgan fingerprint density at radius 1 is 1.37 bits per heavy atom. The van der Waals surface area contributed by atoms with Gasteiger partial charge in [-0.15, -0.1) is 0 Å². The average molecular weight is 255 g/mol. The van der Waals surface area contributed by atoms with Gasteiger partial charge in [0.05, 0.1) is 5.56 Å². The molecule has 0 atom stereocenters. The summed E-state index contributed by atoms with van der Waals surface area (Å²) in [5.41, 5.74) is 3.76. The number of aromatic amines is 1. The highest BCUT2D eigenvalue weighted by Gasteiger charge is 2.20. The molecule has 2 N–H and O–H groups in total. The van der Waals surface area contributed by atoms with Crippen LogP contribution in [0.3, 0.4) is 0 Å². The van der Waals surface area contributed by atoms with E-state index in [1.54, 1.807) is 12.3 Å². The molecule has 5 heteroatoms. The molecule has 2 aromatic rings. The lowest BCUT2D eigenvalue weighted by Crippen LogP contribution is -2.31. The zero-order chi connectivity index (χ0) is 13.4. The summed E-state index contributed by atoms with van der Waals surface area (Å²) in [5.74, 6) is -0.125. The van der Waals surface area contributed by atoms with E-state index in [0.717, 1.165) is 23.4 Å². The first-order valence-electron chi connectivity index (χ1n) is 6.12. The van der Waals surface area contributed by atoms with Gasteiger partial charge in [0.15, 0.2) is 5.78 Å². The number of pyridine rings is 1. The van der Waals surface area contributed by atoms with Crippen LogP contribution in [0.5, 0.6) is 0 Å². The highest BCUT2D eigenvalue weighted by molar-refractivity contribution is 5.98. The molecule has 2 aromatic heterocycles. The van der Waals surface area contributed by atoms with Crippen LogP contribution < -0.4 is 5.32 Å². The average Bonchev–Trinajstić information content (AvgIpc) is 2.84. The van der Waals surface area contributed by atoms with Crippen molar-refractivity contribution in [3.8, 4) is 11.3 Å². The van der Waals surface area contributed by atoms with Crippen LogP contribution in [-0.2, 0) is 6.42 Å². The maximum atomic E-state index is 11.7. The second-order valence-electron chi connectivity index (χ2n) is 4.57. The Morgan fingerprint density at radius 3 is 2.95 bits per heavy atom. The van der Waals surface area contributed by atoms with E-state index in [2.05, 4.69) is 15.3 Å². The molecule has 0 radical (unpaired) electrons. The lowest BCUT2D eigenvalue weighted by atomic mass is 10.1. The van der Waals surface area contributed by atoms with E-state index in [1.165, 1.54) is 6.92 Å². The van der Waals surface area contributed by atoms with Crippen LogP contribution in [0.15, 0.2) is 24.4 Å². The smallest absolute Gasteiger partial charge is 0.253 e. The topological polar surface area (TPSA) is 74.8 Å². The van der Waals surface area contributed by atoms with Crippen LogP contribution >= 0.6 is 0 Å². The number of ketones is 1. The molecular weight excluding hydrogens is 242 g/mol. The van der Waals surface area contributed by atoms with Crippen molar-refractivity contribution in [2.75, 3.05) is 6.54 Å². The first-order chi connectivity index (χ1) is 9.15. The summed E-state index contributed by atoms with van der Waals surface area (Å²) in [7, 11) is 0. The minimum atomic E-state index is -0.0732. The summed E-state index contributed by atoms with van der Waals surface area (Å²) in [4.78, 5) is 30.3. The predicted molar refractivity (Wildman–Crippen MR) is 70.1 cm³/mol. The molecule has 3 heterocycles. The molecular formula is C14H13N3O2. The first-order valence-corrected chi connectivity index (χ1v) is 6.12. The number of carbonyl (C=O) groups excluding carboxylic acids is 2. The lowest BCUT2D eigenvalue weighted by molar-refractivity contribution is 0.0945. The van der Waals surface area contributed by atoms with E-state index in [-0.39, 0.29) is 11.7 Å². The van der Waals surface area contributed by atoms with Crippen molar-refractivity contribution < 1.29 is 9.59 Å². The van der Waals surface area contributed by atoms with Gasteiger partial charge in [-0.3, -0.25) is 14.6 Å². The molecule has 1 aliphatic heterocycles. The Bertz CT molecular complexity index is 673. The number of nitrogens with zero attached hydrogens (tertiary/aromatic N) is 1. The molecule has 0 aromatic carbocycles. The van der Waals surface area contributed by atoms with Crippen LogP contribution in [0.25, 0.3) is 11.3 Å². The fourth-order valence-electron chi connectivity index (χ4n) is 2.24. The molecule has 0 bridgehead atoms. The monoisotopic (exact) mass is 255 g/mol. The number of Topliss-reactive ketones (excluding diaryl/α,β-unsaturated/α-hetero) is 1. The number of nitrogens with one attached hydrogen (secondary N) is 2. The minimum Gasteiger partial charge on any atom is -0.358 e. The first kappa shape index (κ1) is 11.6. The van der Waals surface area contributed by atoms with E-state index in [9.17, 15) is 9.59 Å². The van der Waals surface area contributed by atoms with Crippen LogP contribution in [0.1, 0.15) is 33.5 Å². The van der Waals surface area contributed by atoms with Gasteiger partial charge in [0.25, 0.3) is 5.91 Å². The molecule has 0 saturated carbocycles. The largest absolute Gasteiger partial charge is 0.358 e. The second kappa shape index (κ2) is 4.35. The number of aromatic nitrogens is 2. The number of fused-ring (bicyclic) bond motifs is 1. The molecule has 0 fully saturated rings. The number of rotatable bonds is 2. The number of carbonyl (C=O) groups is 2. The molecule has 0 spiro atoms. The second-order valence-corrected chi connectivity index (χ2v) is 4.57. The van der Waals surface area contributed by atoms with Crippen molar-refractivity contribution in [2.24, 2.45) is 0 Å². The Balaban J connectivity index is 2.05. The van der Waals surface area contributed by atoms with E-state index >= 15 is 0 Å². The molecule has 96 valence electrons. The van der Waals surface area contributed by atoms with Gasteiger partial charge in [0, 0.05) is 43.0 Å². The fourth-order valence-corrected chi connectivity index (χ4v) is 2.24. The van der Waals surface area contributed by atoms with Crippen molar-refractivity contribution in [1.82, 2.24) is 15.3 Å². The third kappa shape index (κ3) is 2.03. The van der Waals surface area contributed by atoms with E-state index < -0.39 is 0 Å². The van der Waals surface area contributed by atoms with Gasteiger partial charge in [-0.1, -0.05) is 0 Å². The number of hydrogen-bond donors (Lipinski definition) is 2. The Morgan fingerprint density at radius 2 is 2.21 bits per heavy atom. The third-order valence-electron chi connectivity index (χ3n) is 3.24. The standard InChI is InChI=1S/C14H13N3O2/c1-8(18)12-6-9(2-4-15-12)13-7-10-11(17-13)3-5-16-14(10)19/h2,4,6-7,17H,3,5H2,1H3,(H,16,19). The normalized spacial score (nSPS) is 13.8. The van der Waals surface area contributed by atoms with Gasteiger partial charge in [-0.25, -0.2) is 0 Å². The van der Waals surface area contributed by atoms with Crippen LogP contribution in [0.2, 0.25) is 0 Å². The summed E-state index contributed by atoms with van der Waals surface area (Å²) < 4.78 is 0. The zero-order valence-electron chi connectivity index (χ0n) is 10.5. The van der Waals surface area contributed by atoms with Crippen molar-refractivity contribution >= 4 is 11.7 Å². The van der Waals surface area contributed by atoms with Gasteiger partial charge in [-0.2, -0.15) is 0 Å². The van der Waals surface area contributed by atoms with Crippen LogP contribution in [0.4, 0.5) is 0 Å². The van der Waals surface area contributed by atoms with Crippen molar-refractivity contribution in [3.63, 3.8) is 0 Å². The molecule has 5 nitrogen and oxygen atoms in total. The van der Waals surface area contributed by atoms with Gasteiger partial charge in [0.1, 0.15) is 5.69 Å². The molecule has 0 unspecified atom stereocenters. The van der Waals surface area contributed by atoms with E-state index in [0.29, 0.717) is 17.8 Å². The molecule has 3 rings (SSSR count). The van der Waals surface area contributed by atoms with Gasteiger partial charge >= 0.3 is 0 Å². The molecule has 1 aliphatic rings. The maximum Gasteiger partial charge on any atom is 0.253 e. The lowest BCUT2D eigenvalue weighted by Gasteiger charge is -2.10. The van der Waals surface area contributed by atoms with Gasteiger partial charge in [-0.05, 0) is 18.2 Å². The van der Waals surface area contributed by atoms with Crippen LogP contribution in [-0.4, -0.2) is 28.2 Å². The molecule has 0 saturated heterocycles. The minimum absolute atomic E-state index is 0.0513. The summed E-state index contributed by atoms with van der Waals surface area (Å²) >= 11 is 0. The summed E-state index contributed by atoms with van der Waals surface area (Å²) in [5, 5.41) is 2.81. The summed E-state index contributed by atoms with van der Waals surface area (Å²) in [6.07, 6.45) is 2.40. The van der Waals surface area contributed by atoms with Crippen molar-refractivity contribution in [2.45, 2.75) is 13.3 Å². The van der Waals surface area contributed by atoms with E-state index in [1.807, 2.05) is 12.1 Å². The number of hydrogen-bond acceptors (Lipinski definition) is 3. The van der Waals surface area contributed by atoms with Crippen molar-refractivity contribution in [1.29, 1.82) is 0 Å². The highest BCUT2D eigenvalue weighted by atomic mass is 16.1. The quantitative estimate of drug-likeness (QED) is 0.800. The highest BCUT2D eigenvalue weighted by Crippen LogP contribution is 2.24. The number of H-pyrrole nitrogens is 1. The van der Waals surface area contributed by atoms with E-state index in [4.69, 9.17) is 0 Å². The Labute approximate surface area is 110 Å².